The summed E-state index contributed by atoms with van der Waals surface area (Å²) in [6.07, 6.45) is 2.27. The zero-order valence-electron chi connectivity index (χ0n) is 9.16. The van der Waals surface area contributed by atoms with Gasteiger partial charge in [0, 0.05) is 24.3 Å². The van der Waals surface area contributed by atoms with Crippen molar-refractivity contribution in [2.75, 3.05) is 12.8 Å². The molecule has 0 heterocycles. The summed E-state index contributed by atoms with van der Waals surface area (Å²) in [5.74, 6) is 0.106. The van der Waals surface area contributed by atoms with Crippen molar-refractivity contribution in [3.63, 3.8) is 0 Å². The van der Waals surface area contributed by atoms with E-state index in [-0.39, 0.29) is 5.91 Å². The summed E-state index contributed by atoms with van der Waals surface area (Å²) in [6, 6.07) is 5.88. The molecule has 1 saturated carbocycles. The van der Waals surface area contributed by atoms with E-state index in [1.807, 2.05) is 31.0 Å². The third-order valence-corrected chi connectivity index (χ3v) is 2.90. The minimum atomic E-state index is 0.106. The molecule has 0 bridgehead atoms. The first kappa shape index (κ1) is 10.0. The molecule has 1 aromatic carbocycles. The molecule has 0 saturated heterocycles. The summed E-state index contributed by atoms with van der Waals surface area (Å²) in [4.78, 5) is 13.9. The number of aryl methyl sites for hydroxylation is 1. The van der Waals surface area contributed by atoms with Crippen LogP contribution in [0.5, 0.6) is 0 Å². The third kappa shape index (κ3) is 1.96. The largest absolute Gasteiger partial charge is 0.399 e. The zero-order valence-corrected chi connectivity index (χ0v) is 9.16. The average Bonchev–Trinajstić information content (AvgIpc) is 2.99. The van der Waals surface area contributed by atoms with Gasteiger partial charge in [0.15, 0.2) is 0 Å². The number of nitrogen functional groups attached to an aromatic ring is 1. The van der Waals surface area contributed by atoms with Crippen molar-refractivity contribution in [1.29, 1.82) is 0 Å². The number of hydrogen-bond donors (Lipinski definition) is 1. The van der Waals surface area contributed by atoms with Gasteiger partial charge in [0.2, 0.25) is 0 Å². The summed E-state index contributed by atoms with van der Waals surface area (Å²) < 4.78 is 0. The minimum Gasteiger partial charge on any atom is -0.399 e. The topological polar surface area (TPSA) is 46.3 Å². The maximum Gasteiger partial charge on any atom is 0.254 e. The summed E-state index contributed by atoms with van der Waals surface area (Å²) >= 11 is 0. The normalized spacial score (nSPS) is 15.1. The number of carbonyl (C=O) groups excluding carboxylic acids is 1. The Labute approximate surface area is 89.9 Å². The second-order valence-electron chi connectivity index (χ2n) is 4.22. The van der Waals surface area contributed by atoms with Gasteiger partial charge in [-0.05, 0) is 43.5 Å². The predicted octanol–water partition coefficient (Wildman–Crippen LogP) is 1.81. The lowest BCUT2D eigenvalue weighted by atomic mass is 10.1. The zero-order chi connectivity index (χ0) is 11.0. The van der Waals surface area contributed by atoms with Crippen LogP contribution in [0.2, 0.25) is 0 Å². The summed E-state index contributed by atoms with van der Waals surface area (Å²) in [7, 11) is 1.87. The molecule has 1 aliphatic carbocycles. The molecule has 0 aliphatic heterocycles. The summed E-state index contributed by atoms with van der Waals surface area (Å²) in [5.41, 5.74) is 8.07. The number of nitrogens with two attached hydrogens (primary N) is 1. The fraction of sp³-hybridized carbons (Fsp3) is 0.417. The van der Waals surface area contributed by atoms with Crippen molar-refractivity contribution in [2.45, 2.75) is 25.8 Å². The Morgan fingerprint density at radius 2 is 2.13 bits per heavy atom. The molecular formula is C12H16N2O. The van der Waals surface area contributed by atoms with E-state index >= 15 is 0 Å². The van der Waals surface area contributed by atoms with Gasteiger partial charge in [-0.25, -0.2) is 0 Å². The van der Waals surface area contributed by atoms with E-state index in [1.165, 1.54) is 0 Å². The number of amides is 1. The maximum absolute atomic E-state index is 12.0. The minimum absolute atomic E-state index is 0.106. The lowest BCUT2D eigenvalue weighted by Gasteiger charge is -2.17. The van der Waals surface area contributed by atoms with E-state index in [2.05, 4.69) is 0 Å². The maximum atomic E-state index is 12.0. The fourth-order valence-electron chi connectivity index (χ4n) is 1.74. The van der Waals surface area contributed by atoms with Crippen molar-refractivity contribution < 1.29 is 4.79 Å². The molecule has 0 aromatic heterocycles. The molecule has 0 radical (unpaired) electrons. The quantitative estimate of drug-likeness (QED) is 0.747. The molecule has 0 unspecified atom stereocenters. The average molecular weight is 204 g/mol. The van der Waals surface area contributed by atoms with E-state index in [1.54, 1.807) is 6.07 Å². The number of rotatable bonds is 2. The molecular weight excluding hydrogens is 188 g/mol. The highest BCUT2D eigenvalue weighted by molar-refractivity contribution is 5.96. The summed E-state index contributed by atoms with van der Waals surface area (Å²) in [5, 5.41) is 0. The molecule has 2 N–H and O–H groups in total. The molecule has 1 fully saturated rings. The highest BCUT2D eigenvalue weighted by atomic mass is 16.2. The first-order chi connectivity index (χ1) is 7.09. The van der Waals surface area contributed by atoms with Crippen LogP contribution in [-0.4, -0.2) is 23.9 Å². The van der Waals surface area contributed by atoms with Crippen LogP contribution in [0.15, 0.2) is 18.2 Å². The Balaban J connectivity index is 2.24. The highest BCUT2D eigenvalue weighted by Gasteiger charge is 2.30. The van der Waals surface area contributed by atoms with Crippen molar-refractivity contribution in [2.24, 2.45) is 0 Å². The molecule has 15 heavy (non-hydrogen) atoms. The highest BCUT2D eigenvalue weighted by Crippen LogP contribution is 2.27. The molecule has 0 atom stereocenters. The standard InChI is InChI=1S/C12H16N2O/c1-8-7-9(13)3-6-11(8)12(15)14(2)10-4-5-10/h3,6-7,10H,4-5,13H2,1-2H3. The Kier molecular flexibility index (Phi) is 2.39. The van der Waals surface area contributed by atoms with E-state index in [4.69, 9.17) is 5.73 Å². The molecule has 2 rings (SSSR count). The first-order valence-electron chi connectivity index (χ1n) is 5.23. The number of nitrogens with zero attached hydrogens (tertiary/aromatic N) is 1. The van der Waals surface area contributed by atoms with Gasteiger partial charge in [-0.15, -0.1) is 0 Å². The first-order valence-corrected chi connectivity index (χ1v) is 5.23. The lowest BCUT2D eigenvalue weighted by Crippen LogP contribution is -2.29. The van der Waals surface area contributed by atoms with Crippen molar-refractivity contribution in [3.05, 3.63) is 29.3 Å². The van der Waals surface area contributed by atoms with Gasteiger partial charge >= 0.3 is 0 Å². The van der Waals surface area contributed by atoms with Gasteiger partial charge in [0.05, 0.1) is 0 Å². The Bertz CT molecular complexity index is 397. The van der Waals surface area contributed by atoms with Crippen molar-refractivity contribution in [3.8, 4) is 0 Å². The van der Waals surface area contributed by atoms with Crippen LogP contribution in [0.1, 0.15) is 28.8 Å². The summed E-state index contributed by atoms with van der Waals surface area (Å²) in [6.45, 7) is 1.92. The molecule has 0 spiro atoms. The van der Waals surface area contributed by atoms with E-state index in [0.717, 1.165) is 24.0 Å². The van der Waals surface area contributed by atoms with Gasteiger partial charge in [0.25, 0.3) is 5.91 Å². The second-order valence-corrected chi connectivity index (χ2v) is 4.22. The van der Waals surface area contributed by atoms with Crippen LogP contribution < -0.4 is 5.73 Å². The van der Waals surface area contributed by atoms with Crippen LogP contribution >= 0.6 is 0 Å². The van der Waals surface area contributed by atoms with Crippen LogP contribution in [0.4, 0.5) is 5.69 Å². The van der Waals surface area contributed by atoms with Gasteiger partial charge in [-0.1, -0.05) is 0 Å². The molecule has 1 amide bonds. The van der Waals surface area contributed by atoms with Gasteiger partial charge in [0.1, 0.15) is 0 Å². The monoisotopic (exact) mass is 204 g/mol. The fourth-order valence-corrected chi connectivity index (χ4v) is 1.74. The number of benzene rings is 1. The van der Waals surface area contributed by atoms with Crippen molar-refractivity contribution >= 4 is 11.6 Å². The van der Waals surface area contributed by atoms with Crippen LogP contribution in [0, 0.1) is 6.92 Å². The Morgan fingerprint density at radius 3 is 2.67 bits per heavy atom. The van der Waals surface area contributed by atoms with Gasteiger partial charge < -0.3 is 10.6 Å². The molecule has 80 valence electrons. The van der Waals surface area contributed by atoms with Gasteiger partial charge in [-0.2, -0.15) is 0 Å². The molecule has 1 aliphatic rings. The number of anilines is 1. The third-order valence-electron chi connectivity index (χ3n) is 2.90. The van der Waals surface area contributed by atoms with Crippen LogP contribution in [0.3, 0.4) is 0 Å². The smallest absolute Gasteiger partial charge is 0.254 e. The lowest BCUT2D eigenvalue weighted by molar-refractivity contribution is 0.0784. The van der Waals surface area contributed by atoms with E-state index in [0.29, 0.717) is 11.7 Å². The molecule has 3 nitrogen and oxygen atoms in total. The molecule has 3 heteroatoms. The van der Waals surface area contributed by atoms with E-state index in [9.17, 15) is 4.79 Å². The predicted molar refractivity (Wildman–Crippen MR) is 60.7 cm³/mol. The van der Waals surface area contributed by atoms with Gasteiger partial charge in [-0.3, -0.25) is 4.79 Å². The SMILES string of the molecule is Cc1cc(N)ccc1C(=O)N(C)C1CC1. The van der Waals surface area contributed by atoms with Crippen LogP contribution in [0.25, 0.3) is 0 Å². The number of carbonyl (C=O) groups is 1. The molecule has 1 aromatic rings. The van der Waals surface area contributed by atoms with Crippen molar-refractivity contribution in [1.82, 2.24) is 4.90 Å². The van der Waals surface area contributed by atoms with E-state index < -0.39 is 0 Å². The van der Waals surface area contributed by atoms with Crippen LogP contribution in [-0.2, 0) is 0 Å². The number of hydrogen-bond acceptors (Lipinski definition) is 2. The Morgan fingerprint density at radius 1 is 1.47 bits per heavy atom. The Hall–Kier alpha value is -1.51. The second kappa shape index (κ2) is 3.57.